The molecule has 1 aliphatic rings. The molecule has 0 aromatic heterocycles. The van der Waals surface area contributed by atoms with E-state index in [1.165, 1.54) is 0 Å². The number of hydrogen-bond donors (Lipinski definition) is 1. The second-order valence-corrected chi connectivity index (χ2v) is 4.06. The number of fused-ring (bicyclic) bond motifs is 1. The molecule has 1 aliphatic heterocycles. The van der Waals surface area contributed by atoms with Crippen molar-refractivity contribution in [3.63, 3.8) is 0 Å². The molecular weight excluding hydrogens is 216 g/mol. The molecular formula is C13H18N2O2. The molecule has 2 rings (SSSR count). The van der Waals surface area contributed by atoms with Crippen molar-refractivity contribution in [2.75, 3.05) is 29.9 Å². The first-order valence-corrected chi connectivity index (χ1v) is 6.06. The van der Waals surface area contributed by atoms with Gasteiger partial charge in [0.2, 0.25) is 5.91 Å². The molecule has 0 fully saturated rings. The van der Waals surface area contributed by atoms with Crippen LogP contribution in [0.25, 0.3) is 0 Å². The maximum atomic E-state index is 11.6. The topological polar surface area (TPSA) is 41.6 Å². The third-order valence-corrected chi connectivity index (χ3v) is 2.79. The van der Waals surface area contributed by atoms with Crippen LogP contribution in [0.5, 0.6) is 5.75 Å². The van der Waals surface area contributed by atoms with Gasteiger partial charge in [0.05, 0.1) is 18.8 Å². The van der Waals surface area contributed by atoms with Gasteiger partial charge in [-0.05, 0) is 25.5 Å². The summed E-state index contributed by atoms with van der Waals surface area (Å²) in [6, 6.07) is 5.87. The molecule has 0 aliphatic carbocycles. The number of likely N-dealkylation sites (N-methyl/N-ethyl adjacent to an activating group) is 1. The first-order valence-electron chi connectivity index (χ1n) is 6.06. The van der Waals surface area contributed by atoms with Crippen LogP contribution < -0.4 is 15.0 Å². The Bertz CT molecular complexity index is 418. The van der Waals surface area contributed by atoms with Crippen LogP contribution in [0, 0.1) is 0 Å². The van der Waals surface area contributed by atoms with Crippen molar-refractivity contribution in [1.82, 2.24) is 0 Å². The second kappa shape index (κ2) is 5.08. The van der Waals surface area contributed by atoms with E-state index < -0.39 is 0 Å². The van der Waals surface area contributed by atoms with E-state index in [-0.39, 0.29) is 5.91 Å². The Balaban J connectivity index is 2.34. The van der Waals surface area contributed by atoms with E-state index in [1.54, 1.807) is 0 Å². The number of carbonyl (C=O) groups excluding carboxylic acids is 1. The smallest absolute Gasteiger partial charge is 0.244 e. The van der Waals surface area contributed by atoms with Gasteiger partial charge in [0, 0.05) is 6.54 Å². The van der Waals surface area contributed by atoms with Crippen LogP contribution >= 0.6 is 0 Å². The average molecular weight is 234 g/mol. The zero-order valence-corrected chi connectivity index (χ0v) is 10.3. The van der Waals surface area contributed by atoms with E-state index in [2.05, 4.69) is 12.2 Å². The molecule has 0 atom stereocenters. The third-order valence-electron chi connectivity index (χ3n) is 2.79. The van der Waals surface area contributed by atoms with Gasteiger partial charge in [0.15, 0.2) is 0 Å². The summed E-state index contributed by atoms with van der Waals surface area (Å²) < 4.78 is 5.65. The average Bonchev–Trinajstić information content (AvgIpc) is 2.35. The molecule has 0 unspecified atom stereocenters. The fraction of sp³-hybridized carbons (Fsp3) is 0.462. The maximum Gasteiger partial charge on any atom is 0.244 e. The maximum absolute atomic E-state index is 11.6. The number of hydrogen-bond acceptors (Lipinski definition) is 3. The Labute approximate surface area is 102 Å². The van der Waals surface area contributed by atoms with Crippen molar-refractivity contribution in [1.29, 1.82) is 0 Å². The minimum atomic E-state index is 0.0203. The molecule has 0 saturated heterocycles. The van der Waals surface area contributed by atoms with Crippen molar-refractivity contribution in [3.05, 3.63) is 18.2 Å². The molecule has 1 N–H and O–H groups in total. The summed E-state index contributed by atoms with van der Waals surface area (Å²) in [4.78, 5) is 13.7. The Morgan fingerprint density at radius 1 is 1.41 bits per heavy atom. The lowest BCUT2D eigenvalue weighted by Crippen LogP contribution is -2.38. The zero-order valence-electron chi connectivity index (χ0n) is 10.3. The quantitative estimate of drug-likeness (QED) is 0.868. The highest BCUT2D eigenvalue weighted by Gasteiger charge is 2.23. The standard InChI is InChI=1S/C13H18N2O2/c1-3-8-17-11-7-5-6-10-13(11)14-12(16)9-15(10)4-2/h5-7H,3-4,8-9H2,1-2H3,(H,14,16). The fourth-order valence-corrected chi connectivity index (χ4v) is 1.96. The van der Waals surface area contributed by atoms with Crippen molar-refractivity contribution < 1.29 is 9.53 Å². The molecule has 1 aromatic carbocycles. The Kier molecular flexibility index (Phi) is 3.52. The summed E-state index contributed by atoms with van der Waals surface area (Å²) in [6.07, 6.45) is 0.953. The highest BCUT2D eigenvalue weighted by molar-refractivity contribution is 6.02. The van der Waals surface area contributed by atoms with Gasteiger partial charge in [-0.3, -0.25) is 4.79 Å². The van der Waals surface area contributed by atoms with Gasteiger partial charge in [-0.25, -0.2) is 0 Å². The van der Waals surface area contributed by atoms with Crippen LogP contribution in [0.3, 0.4) is 0 Å². The van der Waals surface area contributed by atoms with E-state index in [1.807, 2.05) is 30.0 Å². The van der Waals surface area contributed by atoms with E-state index in [9.17, 15) is 4.79 Å². The van der Waals surface area contributed by atoms with Crippen LogP contribution in [0.1, 0.15) is 20.3 Å². The van der Waals surface area contributed by atoms with Crippen molar-refractivity contribution in [3.8, 4) is 5.75 Å². The predicted molar refractivity (Wildman–Crippen MR) is 68.7 cm³/mol. The zero-order chi connectivity index (χ0) is 12.3. The lowest BCUT2D eigenvalue weighted by Gasteiger charge is -2.30. The summed E-state index contributed by atoms with van der Waals surface area (Å²) in [6.45, 7) is 6.01. The molecule has 0 spiro atoms. The number of rotatable bonds is 4. The van der Waals surface area contributed by atoms with Crippen LogP contribution in [-0.2, 0) is 4.79 Å². The van der Waals surface area contributed by atoms with E-state index >= 15 is 0 Å². The van der Waals surface area contributed by atoms with E-state index in [0.717, 1.165) is 30.1 Å². The summed E-state index contributed by atoms with van der Waals surface area (Å²) in [5.41, 5.74) is 1.85. The summed E-state index contributed by atoms with van der Waals surface area (Å²) in [7, 11) is 0. The molecule has 4 heteroatoms. The van der Waals surface area contributed by atoms with Gasteiger partial charge in [-0.1, -0.05) is 13.0 Å². The Hall–Kier alpha value is -1.71. The van der Waals surface area contributed by atoms with Gasteiger partial charge in [0.1, 0.15) is 11.4 Å². The van der Waals surface area contributed by atoms with Crippen LogP contribution in [0.2, 0.25) is 0 Å². The molecule has 1 heterocycles. The first kappa shape index (κ1) is 11.8. The normalized spacial score (nSPS) is 14.2. The van der Waals surface area contributed by atoms with Gasteiger partial charge in [0.25, 0.3) is 0 Å². The Morgan fingerprint density at radius 3 is 2.94 bits per heavy atom. The molecule has 1 amide bonds. The highest BCUT2D eigenvalue weighted by atomic mass is 16.5. The minimum absolute atomic E-state index is 0.0203. The predicted octanol–water partition coefficient (Wildman–Crippen LogP) is 2.25. The first-order chi connectivity index (χ1) is 8.26. The van der Waals surface area contributed by atoms with Gasteiger partial charge in [-0.2, -0.15) is 0 Å². The van der Waals surface area contributed by atoms with Crippen molar-refractivity contribution in [2.45, 2.75) is 20.3 Å². The van der Waals surface area contributed by atoms with E-state index in [0.29, 0.717) is 13.2 Å². The van der Waals surface area contributed by atoms with Gasteiger partial charge < -0.3 is 15.0 Å². The van der Waals surface area contributed by atoms with Gasteiger partial charge >= 0.3 is 0 Å². The van der Waals surface area contributed by atoms with Gasteiger partial charge in [-0.15, -0.1) is 0 Å². The molecule has 92 valence electrons. The van der Waals surface area contributed by atoms with Crippen molar-refractivity contribution >= 4 is 17.3 Å². The SMILES string of the molecule is CCCOc1cccc2c1NC(=O)CN2CC. The highest BCUT2D eigenvalue weighted by Crippen LogP contribution is 2.37. The molecule has 4 nitrogen and oxygen atoms in total. The summed E-state index contributed by atoms with van der Waals surface area (Å²) in [5.74, 6) is 0.780. The number of benzene rings is 1. The Morgan fingerprint density at radius 2 is 2.24 bits per heavy atom. The number of anilines is 2. The van der Waals surface area contributed by atoms with Crippen molar-refractivity contribution in [2.24, 2.45) is 0 Å². The second-order valence-electron chi connectivity index (χ2n) is 4.06. The molecule has 1 aromatic rings. The van der Waals surface area contributed by atoms with Crippen LogP contribution in [0.15, 0.2) is 18.2 Å². The van der Waals surface area contributed by atoms with Crippen LogP contribution in [0.4, 0.5) is 11.4 Å². The molecule has 0 radical (unpaired) electrons. The lowest BCUT2D eigenvalue weighted by atomic mass is 10.1. The third kappa shape index (κ3) is 2.35. The molecule has 0 bridgehead atoms. The summed E-state index contributed by atoms with van der Waals surface area (Å²) >= 11 is 0. The number of nitrogens with zero attached hydrogens (tertiary/aromatic N) is 1. The number of para-hydroxylation sites is 1. The molecule has 0 saturated carbocycles. The fourth-order valence-electron chi connectivity index (χ4n) is 1.96. The largest absolute Gasteiger partial charge is 0.491 e. The molecule has 17 heavy (non-hydrogen) atoms. The monoisotopic (exact) mass is 234 g/mol. The minimum Gasteiger partial charge on any atom is -0.491 e. The number of nitrogens with one attached hydrogen (secondary N) is 1. The summed E-state index contributed by atoms with van der Waals surface area (Å²) in [5, 5.41) is 2.90. The number of carbonyl (C=O) groups is 1. The van der Waals surface area contributed by atoms with E-state index in [4.69, 9.17) is 4.74 Å². The lowest BCUT2D eigenvalue weighted by molar-refractivity contribution is -0.115. The number of amides is 1. The number of ether oxygens (including phenoxy) is 1. The van der Waals surface area contributed by atoms with Crippen LogP contribution in [-0.4, -0.2) is 25.6 Å².